The molecule has 0 saturated carbocycles. The Bertz CT molecular complexity index is 2000. The number of fused-ring (bicyclic) bond motifs is 1. The molecular formula is C43H61N9O7. The number of piperidine rings is 1. The number of aromatic nitrogens is 5. The largest absolute Gasteiger partial charge is 0.384 e. The zero-order valence-electron chi connectivity index (χ0n) is 34.9. The Morgan fingerprint density at radius 1 is 0.898 bits per heavy atom. The third kappa shape index (κ3) is 12.5. The van der Waals surface area contributed by atoms with E-state index in [0.29, 0.717) is 94.3 Å². The molecule has 59 heavy (non-hydrogen) atoms. The number of nitrogens with one attached hydrogen (secondary N) is 1. The molecule has 1 aromatic carbocycles. The fraction of sp³-hybridized carbons (Fsp3) is 0.558. The third-order valence-electron chi connectivity index (χ3n) is 10.7. The highest BCUT2D eigenvalue weighted by Gasteiger charge is 2.25. The number of carbonyl (C=O) groups excluding carboxylic acids is 1. The van der Waals surface area contributed by atoms with Gasteiger partial charge in [0.15, 0.2) is 11.5 Å². The standard InChI is InChI=1S/C43H61N9O7/c1-5-16-51-41(54)36-30-44-42(47-40(36)52(51)38-8-6-7-37(46-38)43(2,3)55)45-35-13-17-50(18-14-35)39(53)15-24-57-26-28-59-29-27-58-25-23-48-19-21-49(22-20-48)31-33-9-11-34(12-10-33)32-56-4/h5-12,30,35,55H,1,13-29,31-32H2,2-4H3,(H,44,45,47). The predicted octanol–water partition coefficient (Wildman–Crippen LogP) is 3.20. The van der Waals surface area contributed by atoms with Gasteiger partial charge in [0, 0.05) is 71.7 Å². The lowest BCUT2D eigenvalue weighted by Crippen LogP contribution is -2.46. The van der Waals surface area contributed by atoms with Gasteiger partial charge in [-0.2, -0.15) is 4.98 Å². The Kier molecular flexibility index (Phi) is 16.1. The first-order valence-electron chi connectivity index (χ1n) is 20.7. The number of hydrogen-bond acceptors (Lipinski definition) is 13. The Morgan fingerprint density at radius 2 is 1.56 bits per heavy atom. The van der Waals surface area contributed by atoms with Crippen molar-refractivity contribution in [3.05, 3.63) is 88.5 Å². The Balaban J connectivity index is 0.820. The van der Waals surface area contributed by atoms with E-state index in [1.165, 1.54) is 22.0 Å². The summed E-state index contributed by atoms with van der Waals surface area (Å²) in [5, 5.41) is 14.3. The van der Waals surface area contributed by atoms with Crippen LogP contribution in [-0.4, -0.2) is 149 Å². The molecule has 0 radical (unpaired) electrons. The first kappa shape index (κ1) is 44.0. The maximum absolute atomic E-state index is 13.3. The van der Waals surface area contributed by atoms with E-state index in [1.807, 2.05) is 4.90 Å². The summed E-state index contributed by atoms with van der Waals surface area (Å²) in [6.07, 6.45) is 4.93. The van der Waals surface area contributed by atoms with Crippen molar-refractivity contribution in [3.63, 3.8) is 0 Å². The number of piperazine rings is 1. The van der Waals surface area contributed by atoms with E-state index in [4.69, 9.17) is 23.9 Å². The van der Waals surface area contributed by atoms with Crippen LogP contribution in [0.25, 0.3) is 16.9 Å². The average molecular weight is 816 g/mol. The van der Waals surface area contributed by atoms with Crippen LogP contribution in [0.1, 0.15) is 49.9 Å². The molecule has 2 aliphatic heterocycles. The number of amides is 1. The lowest BCUT2D eigenvalue weighted by molar-refractivity contribution is -0.133. The molecule has 320 valence electrons. The molecule has 16 heteroatoms. The minimum atomic E-state index is -1.17. The SMILES string of the molecule is C=CCn1c(=O)c2cnc(NC3CCN(C(=O)CCOCCOCCOCCN4CCN(Cc5ccc(COC)cc5)CC4)CC3)nc2n1-c1cccc(C(C)(C)O)n1. The van der Waals surface area contributed by atoms with E-state index in [0.717, 1.165) is 52.1 Å². The molecule has 0 spiro atoms. The number of anilines is 1. The van der Waals surface area contributed by atoms with Crippen molar-refractivity contribution in [1.82, 2.24) is 39.0 Å². The fourth-order valence-corrected chi connectivity index (χ4v) is 7.35. The van der Waals surface area contributed by atoms with Crippen LogP contribution < -0.4 is 10.9 Å². The topological polar surface area (TPSA) is 162 Å². The van der Waals surface area contributed by atoms with Gasteiger partial charge in [0.25, 0.3) is 5.56 Å². The summed E-state index contributed by atoms with van der Waals surface area (Å²) in [5.74, 6) is 0.897. The molecule has 5 heterocycles. The molecule has 4 aromatic rings. The van der Waals surface area contributed by atoms with E-state index in [2.05, 4.69) is 55.9 Å². The molecule has 0 bridgehead atoms. The highest BCUT2D eigenvalue weighted by Crippen LogP contribution is 2.22. The summed E-state index contributed by atoms with van der Waals surface area (Å²) in [6, 6.07) is 14.0. The summed E-state index contributed by atoms with van der Waals surface area (Å²) in [5.41, 5.74) is 1.96. The second-order valence-electron chi connectivity index (χ2n) is 15.6. The summed E-state index contributed by atoms with van der Waals surface area (Å²) in [7, 11) is 1.72. The number of rotatable bonds is 22. The number of likely N-dealkylation sites (tertiary alicyclic amines) is 1. The number of allylic oxidation sites excluding steroid dienone is 1. The van der Waals surface area contributed by atoms with E-state index >= 15 is 0 Å². The number of aliphatic hydroxyl groups is 1. The smallest absolute Gasteiger partial charge is 0.278 e. The maximum Gasteiger partial charge on any atom is 0.278 e. The van der Waals surface area contributed by atoms with Gasteiger partial charge in [-0.15, -0.1) is 6.58 Å². The van der Waals surface area contributed by atoms with Crippen LogP contribution >= 0.6 is 0 Å². The quantitative estimate of drug-likeness (QED) is 0.0881. The van der Waals surface area contributed by atoms with Gasteiger partial charge in [-0.1, -0.05) is 36.4 Å². The zero-order valence-corrected chi connectivity index (χ0v) is 34.9. The number of carbonyl (C=O) groups is 1. The first-order valence-corrected chi connectivity index (χ1v) is 20.7. The monoisotopic (exact) mass is 815 g/mol. The number of ether oxygens (including phenoxy) is 4. The predicted molar refractivity (Wildman–Crippen MR) is 226 cm³/mol. The van der Waals surface area contributed by atoms with Gasteiger partial charge in [-0.05, 0) is 49.9 Å². The zero-order chi connectivity index (χ0) is 41.6. The number of nitrogens with zero attached hydrogens (tertiary/aromatic N) is 8. The minimum absolute atomic E-state index is 0.0537. The second kappa shape index (κ2) is 21.6. The van der Waals surface area contributed by atoms with Gasteiger partial charge in [0.05, 0.1) is 64.9 Å². The van der Waals surface area contributed by atoms with Crippen LogP contribution in [0, 0.1) is 0 Å². The highest BCUT2D eigenvalue weighted by atomic mass is 16.5. The molecular weight excluding hydrogens is 755 g/mol. The van der Waals surface area contributed by atoms with E-state index < -0.39 is 5.60 Å². The molecule has 2 aliphatic rings. The molecule has 0 unspecified atom stereocenters. The van der Waals surface area contributed by atoms with Crippen molar-refractivity contribution in [1.29, 1.82) is 0 Å². The lowest BCUT2D eigenvalue weighted by atomic mass is 10.0. The van der Waals surface area contributed by atoms with Gasteiger partial charge >= 0.3 is 0 Å². The molecule has 0 atom stereocenters. The number of pyridine rings is 1. The van der Waals surface area contributed by atoms with Gasteiger partial charge in [0.1, 0.15) is 11.0 Å². The van der Waals surface area contributed by atoms with Crippen LogP contribution in [-0.2, 0) is 49.0 Å². The van der Waals surface area contributed by atoms with Gasteiger partial charge in [-0.3, -0.25) is 19.4 Å². The number of hydrogen-bond donors (Lipinski definition) is 2. The average Bonchev–Trinajstić information content (AvgIpc) is 3.51. The van der Waals surface area contributed by atoms with Crippen LogP contribution in [0.5, 0.6) is 0 Å². The van der Waals surface area contributed by atoms with Crippen molar-refractivity contribution in [2.75, 3.05) is 97.9 Å². The molecule has 16 nitrogen and oxygen atoms in total. The molecule has 2 fully saturated rings. The normalized spacial score (nSPS) is 15.9. The van der Waals surface area contributed by atoms with Gasteiger partial charge in [0.2, 0.25) is 11.9 Å². The summed E-state index contributed by atoms with van der Waals surface area (Å²) < 4.78 is 25.5. The van der Waals surface area contributed by atoms with Crippen molar-refractivity contribution >= 4 is 22.9 Å². The molecule has 1 amide bonds. The van der Waals surface area contributed by atoms with Crippen LogP contribution in [0.2, 0.25) is 0 Å². The van der Waals surface area contributed by atoms with Crippen LogP contribution in [0.15, 0.2) is 66.1 Å². The maximum atomic E-state index is 13.3. The molecule has 0 aliphatic carbocycles. The van der Waals surface area contributed by atoms with Crippen LogP contribution in [0.3, 0.4) is 0 Å². The summed E-state index contributed by atoms with van der Waals surface area (Å²) in [6.45, 7) is 18.3. The molecule has 2 saturated heterocycles. The Hall–Kier alpha value is -4.55. The van der Waals surface area contributed by atoms with Crippen molar-refractivity contribution in [2.45, 2.75) is 64.4 Å². The Labute approximate surface area is 346 Å². The first-order chi connectivity index (χ1) is 28.6. The van der Waals surface area contributed by atoms with Crippen LogP contribution in [0.4, 0.5) is 5.95 Å². The van der Waals surface area contributed by atoms with E-state index in [9.17, 15) is 14.7 Å². The van der Waals surface area contributed by atoms with Gasteiger partial charge in [-0.25, -0.2) is 19.3 Å². The van der Waals surface area contributed by atoms with E-state index in [1.54, 1.807) is 49.9 Å². The third-order valence-corrected chi connectivity index (χ3v) is 10.7. The molecule has 3 aromatic heterocycles. The van der Waals surface area contributed by atoms with Crippen molar-refractivity contribution in [2.24, 2.45) is 0 Å². The molecule has 6 rings (SSSR count). The van der Waals surface area contributed by atoms with Gasteiger partial charge < -0.3 is 34.3 Å². The van der Waals surface area contributed by atoms with E-state index in [-0.39, 0.29) is 24.1 Å². The number of benzene rings is 1. The highest BCUT2D eigenvalue weighted by molar-refractivity contribution is 5.77. The van der Waals surface area contributed by atoms with Crippen molar-refractivity contribution < 1.29 is 28.8 Å². The fourth-order valence-electron chi connectivity index (χ4n) is 7.35. The van der Waals surface area contributed by atoms with Crippen molar-refractivity contribution in [3.8, 4) is 5.82 Å². The second-order valence-corrected chi connectivity index (χ2v) is 15.6. The summed E-state index contributed by atoms with van der Waals surface area (Å²) in [4.78, 5) is 46.9. The lowest BCUT2D eigenvalue weighted by Gasteiger charge is -2.34. The summed E-state index contributed by atoms with van der Waals surface area (Å²) >= 11 is 0. The molecule has 2 N–H and O–H groups in total. The number of methoxy groups -OCH3 is 1. The minimum Gasteiger partial charge on any atom is -0.384 e. The Morgan fingerprint density at radius 3 is 2.24 bits per heavy atom.